The van der Waals surface area contributed by atoms with E-state index in [1.165, 1.54) is 12.1 Å². The van der Waals surface area contributed by atoms with Gasteiger partial charge in [0.25, 0.3) is 0 Å². The molecule has 0 atom stereocenters. The molecule has 0 radical (unpaired) electrons. The maximum atomic E-state index is 13.2. The van der Waals surface area contributed by atoms with Gasteiger partial charge in [0.05, 0.1) is 24.3 Å². The minimum absolute atomic E-state index is 0.204. The smallest absolute Gasteiger partial charge is 0.248 e. The molecule has 1 aliphatic rings. The van der Waals surface area contributed by atoms with Gasteiger partial charge in [0.1, 0.15) is 11.6 Å². The first-order valence-corrected chi connectivity index (χ1v) is 8.87. The summed E-state index contributed by atoms with van der Waals surface area (Å²) in [5.74, 6) is -0.112. The summed E-state index contributed by atoms with van der Waals surface area (Å²) in [7, 11) is 0. The van der Waals surface area contributed by atoms with Gasteiger partial charge in [-0.1, -0.05) is 24.3 Å². The Morgan fingerprint density at radius 1 is 1.11 bits per heavy atom. The number of nitrogens with zero attached hydrogens (tertiary/aromatic N) is 2. The molecule has 1 aliphatic heterocycles. The molecule has 1 saturated heterocycles. The lowest BCUT2D eigenvalue weighted by Crippen LogP contribution is -2.51. The SMILES string of the molecule is NC(=O)c1cccc(-c2ccc(NCC3(c4ccc(F)cc4)COC3)nn2)c1. The van der Waals surface area contributed by atoms with Crippen LogP contribution in [-0.2, 0) is 10.2 Å². The van der Waals surface area contributed by atoms with Crippen LogP contribution in [0.15, 0.2) is 60.7 Å². The minimum Gasteiger partial charge on any atom is -0.379 e. The van der Waals surface area contributed by atoms with E-state index in [0.717, 1.165) is 11.1 Å². The molecule has 0 spiro atoms. The largest absolute Gasteiger partial charge is 0.379 e. The monoisotopic (exact) mass is 378 g/mol. The summed E-state index contributed by atoms with van der Waals surface area (Å²) >= 11 is 0. The van der Waals surface area contributed by atoms with Crippen LogP contribution in [0.3, 0.4) is 0 Å². The van der Waals surface area contributed by atoms with Crippen LogP contribution >= 0.6 is 0 Å². The Morgan fingerprint density at radius 2 is 1.89 bits per heavy atom. The van der Waals surface area contributed by atoms with E-state index in [1.54, 1.807) is 30.3 Å². The summed E-state index contributed by atoms with van der Waals surface area (Å²) in [6, 6.07) is 17.1. The van der Waals surface area contributed by atoms with E-state index < -0.39 is 5.91 Å². The van der Waals surface area contributed by atoms with Gasteiger partial charge < -0.3 is 15.8 Å². The number of hydrogen-bond donors (Lipinski definition) is 2. The molecule has 1 fully saturated rings. The Kier molecular flexibility index (Phi) is 4.75. The molecule has 0 saturated carbocycles. The average molecular weight is 378 g/mol. The summed E-state index contributed by atoms with van der Waals surface area (Å²) in [5, 5.41) is 11.7. The van der Waals surface area contributed by atoms with Gasteiger partial charge in [-0.15, -0.1) is 10.2 Å². The zero-order valence-corrected chi connectivity index (χ0v) is 15.1. The third kappa shape index (κ3) is 3.57. The number of halogens is 1. The number of ether oxygens (including phenoxy) is 1. The molecule has 142 valence electrons. The Hall–Kier alpha value is -3.32. The molecule has 2 heterocycles. The molecule has 28 heavy (non-hydrogen) atoms. The van der Waals surface area contributed by atoms with Crippen molar-refractivity contribution in [3.8, 4) is 11.3 Å². The van der Waals surface area contributed by atoms with Crippen LogP contribution in [0.5, 0.6) is 0 Å². The van der Waals surface area contributed by atoms with E-state index in [0.29, 0.717) is 36.8 Å². The molecule has 7 heteroatoms. The Labute approximate surface area is 161 Å². The fourth-order valence-corrected chi connectivity index (χ4v) is 3.19. The number of nitrogens with two attached hydrogens (primary N) is 1. The normalized spacial score (nSPS) is 14.9. The summed E-state index contributed by atoms with van der Waals surface area (Å²) in [6.07, 6.45) is 0. The molecular weight excluding hydrogens is 359 g/mol. The fraction of sp³-hybridized carbons (Fsp3) is 0.190. The van der Waals surface area contributed by atoms with E-state index in [-0.39, 0.29) is 11.2 Å². The van der Waals surface area contributed by atoms with Crippen molar-refractivity contribution in [2.45, 2.75) is 5.41 Å². The number of aromatic nitrogens is 2. The summed E-state index contributed by atoms with van der Waals surface area (Å²) < 4.78 is 18.6. The highest BCUT2D eigenvalue weighted by Crippen LogP contribution is 2.32. The zero-order chi connectivity index (χ0) is 19.6. The first-order valence-electron chi connectivity index (χ1n) is 8.87. The van der Waals surface area contributed by atoms with Crippen molar-refractivity contribution in [1.82, 2.24) is 10.2 Å². The van der Waals surface area contributed by atoms with Crippen molar-refractivity contribution in [3.05, 3.63) is 77.6 Å². The molecular formula is C21H19FN4O2. The Balaban J connectivity index is 1.47. The van der Waals surface area contributed by atoms with Gasteiger partial charge >= 0.3 is 0 Å². The second-order valence-corrected chi connectivity index (χ2v) is 6.88. The first kappa shape index (κ1) is 18.1. The van der Waals surface area contributed by atoms with Crippen molar-refractivity contribution in [2.24, 2.45) is 5.73 Å². The molecule has 2 aromatic carbocycles. The topological polar surface area (TPSA) is 90.1 Å². The fourth-order valence-electron chi connectivity index (χ4n) is 3.19. The van der Waals surface area contributed by atoms with E-state index in [2.05, 4.69) is 15.5 Å². The lowest BCUT2D eigenvalue weighted by atomic mass is 9.78. The van der Waals surface area contributed by atoms with Gasteiger partial charge in [0, 0.05) is 17.7 Å². The van der Waals surface area contributed by atoms with E-state index in [1.807, 2.05) is 18.2 Å². The predicted octanol–water partition coefficient (Wildman–Crippen LogP) is 2.76. The van der Waals surface area contributed by atoms with Crippen LogP contribution in [0.2, 0.25) is 0 Å². The lowest BCUT2D eigenvalue weighted by molar-refractivity contribution is -0.0529. The molecule has 4 rings (SSSR count). The third-order valence-corrected chi connectivity index (χ3v) is 4.93. The summed E-state index contributed by atoms with van der Waals surface area (Å²) in [5.41, 5.74) is 7.99. The van der Waals surface area contributed by atoms with Crippen molar-refractivity contribution >= 4 is 11.7 Å². The lowest BCUT2D eigenvalue weighted by Gasteiger charge is -2.42. The van der Waals surface area contributed by atoms with Crippen LogP contribution in [0.4, 0.5) is 10.2 Å². The van der Waals surface area contributed by atoms with Gasteiger partial charge in [-0.05, 0) is 42.0 Å². The van der Waals surface area contributed by atoms with Crippen molar-refractivity contribution in [1.29, 1.82) is 0 Å². The van der Waals surface area contributed by atoms with Crippen LogP contribution < -0.4 is 11.1 Å². The number of hydrogen-bond acceptors (Lipinski definition) is 5. The van der Waals surface area contributed by atoms with Crippen LogP contribution in [0.1, 0.15) is 15.9 Å². The highest BCUT2D eigenvalue weighted by molar-refractivity contribution is 5.93. The average Bonchev–Trinajstić information content (AvgIpc) is 2.69. The standard InChI is InChI=1S/C21H19FN4O2/c22-17-6-4-16(5-7-17)21(12-28-13-21)11-24-19-9-8-18(25-26-19)14-2-1-3-15(10-14)20(23)27/h1-10H,11-13H2,(H2,23,27)(H,24,26). The number of amides is 1. The second-order valence-electron chi connectivity index (χ2n) is 6.88. The van der Waals surface area contributed by atoms with E-state index in [4.69, 9.17) is 10.5 Å². The number of primary amides is 1. The molecule has 6 nitrogen and oxygen atoms in total. The predicted molar refractivity (Wildman–Crippen MR) is 103 cm³/mol. The summed E-state index contributed by atoms with van der Waals surface area (Å²) in [6.45, 7) is 1.73. The van der Waals surface area contributed by atoms with Crippen molar-refractivity contribution < 1.29 is 13.9 Å². The molecule has 3 N–H and O–H groups in total. The van der Waals surface area contributed by atoms with Crippen molar-refractivity contribution in [2.75, 3.05) is 25.1 Å². The maximum Gasteiger partial charge on any atom is 0.248 e. The van der Waals surface area contributed by atoms with Gasteiger partial charge in [-0.25, -0.2) is 4.39 Å². The molecule has 1 amide bonds. The van der Waals surface area contributed by atoms with Gasteiger partial charge in [0.15, 0.2) is 0 Å². The summed E-state index contributed by atoms with van der Waals surface area (Å²) in [4.78, 5) is 11.3. The Bertz CT molecular complexity index is 986. The highest BCUT2D eigenvalue weighted by Gasteiger charge is 2.40. The van der Waals surface area contributed by atoms with Gasteiger partial charge in [-0.3, -0.25) is 4.79 Å². The highest BCUT2D eigenvalue weighted by atomic mass is 19.1. The van der Waals surface area contributed by atoms with Crippen LogP contribution in [-0.4, -0.2) is 35.9 Å². The molecule has 1 aromatic heterocycles. The molecule has 0 aliphatic carbocycles. The van der Waals surface area contributed by atoms with Crippen LogP contribution in [0, 0.1) is 5.82 Å². The second kappa shape index (κ2) is 7.36. The maximum absolute atomic E-state index is 13.2. The zero-order valence-electron chi connectivity index (χ0n) is 15.1. The Morgan fingerprint density at radius 3 is 2.50 bits per heavy atom. The number of anilines is 1. The number of carbonyl (C=O) groups is 1. The molecule has 3 aromatic rings. The minimum atomic E-state index is -0.484. The molecule has 0 unspecified atom stereocenters. The number of nitrogens with one attached hydrogen (secondary N) is 1. The number of benzene rings is 2. The van der Waals surface area contributed by atoms with Gasteiger partial charge in [-0.2, -0.15) is 0 Å². The van der Waals surface area contributed by atoms with E-state index in [9.17, 15) is 9.18 Å². The molecule has 0 bridgehead atoms. The van der Waals surface area contributed by atoms with Crippen LogP contribution in [0.25, 0.3) is 11.3 Å². The number of carbonyl (C=O) groups excluding carboxylic acids is 1. The quantitative estimate of drug-likeness (QED) is 0.688. The first-order chi connectivity index (χ1) is 13.6. The van der Waals surface area contributed by atoms with Gasteiger partial charge in [0.2, 0.25) is 5.91 Å². The number of rotatable bonds is 6. The van der Waals surface area contributed by atoms with E-state index >= 15 is 0 Å². The van der Waals surface area contributed by atoms with Crippen molar-refractivity contribution in [3.63, 3.8) is 0 Å². The third-order valence-electron chi connectivity index (χ3n) is 4.93.